The standard InChI is InChI=1S/C12H21FN2O3/c1-11(2,3)12(9(16)14(4)5)6-8(13)7-15(12)10(17)18/h8H,6-7H2,1-5H3,(H,17,18)/t8-,12+/m0/s1. The average Bonchev–Trinajstić information content (AvgIpc) is 2.55. The molecule has 0 unspecified atom stereocenters. The summed E-state index contributed by atoms with van der Waals surface area (Å²) in [5, 5.41) is 9.25. The number of amides is 2. The molecule has 1 N–H and O–H groups in total. The first-order chi connectivity index (χ1) is 8.04. The van der Waals surface area contributed by atoms with Gasteiger partial charge in [-0.1, -0.05) is 20.8 Å². The highest BCUT2D eigenvalue weighted by Gasteiger charge is 2.60. The summed E-state index contributed by atoms with van der Waals surface area (Å²) < 4.78 is 13.7. The van der Waals surface area contributed by atoms with Gasteiger partial charge in [-0.3, -0.25) is 9.69 Å². The third kappa shape index (κ3) is 2.04. The van der Waals surface area contributed by atoms with Gasteiger partial charge in [0.15, 0.2) is 0 Å². The van der Waals surface area contributed by atoms with Gasteiger partial charge < -0.3 is 10.0 Å². The maximum absolute atomic E-state index is 13.7. The van der Waals surface area contributed by atoms with Crippen LogP contribution in [0.25, 0.3) is 0 Å². The number of rotatable bonds is 1. The van der Waals surface area contributed by atoms with Crippen LogP contribution >= 0.6 is 0 Å². The van der Waals surface area contributed by atoms with Gasteiger partial charge in [0.05, 0.1) is 6.54 Å². The van der Waals surface area contributed by atoms with Crippen LogP contribution in [-0.2, 0) is 4.79 Å². The molecule has 0 aliphatic carbocycles. The minimum atomic E-state index is -1.33. The molecule has 104 valence electrons. The smallest absolute Gasteiger partial charge is 0.408 e. The zero-order valence-corrected chi connectivity index (χ0v) is 11.5. The zero-order chi connectivity index (χ0) is 14.3. The highest BCUT2D eigenvalue weighted by molar-refractivity contribution is 5.91. The number of likely N-dealkylation sites (N-methyl/N-ethyl adjacent to an activating group) is 1. The lowest BCUT2D eigenvalue weighted by molar-refractivity contribution is -0.146. The highest BCUT2D eigenvalue weighted by atomic mass is 19.1. The fraction of sp³-hybridized carbons (Fsp3) is 0.833. The Morgan fingerprint density at radius 3 is 2.22 bits per heavy atom. The second kappa shape index (κ2) is 4.40. The molecule has 1 heterocycles. The lowest BCUT2D eigenvalue weighted by atomic mass is 9.70. The molecule has 6 heteroatoms. The molecule has 0 aromatic carbocycles. The first kappa shape index (κ1) is 14.7. The Morgan fingerprint density at radius 1 is 1.39 bits per heavy atom. The third-order valence-corrected chi connectivity index (χ3v) is 3.59. The minimum Gasteiger partial charge on any atom is -0.465 e. The van der Waals surface area contributed by atoms with Gasteiger partial charge >= 0.3 is 6.09 Å². The number of likely N-dealkylation sites (tertiary alicyclic amines) is 1. The van der Waals surface area contributed by atoms with Gasteiger partial charge in [0.2, 0.25) is 5.91 Å². The highest BCUT2D eigenvalue weighted by Crippen LogP contribution is 2.45. The van der Waals surface area contributed by atoms with Crippen LogP contribution < -0.4 is 0 Å². The number of carbonyl (C=O) groups is 2. The van der Waals surface area contributed by atoms with Crippen molar-refractivity contribution in [1.82, 2.24) is 9.80 Å². The van der Waals surface area contributed by atoms with Crippen molar-refractivity contribution in [3.05, 3.63) is 0 Å². The van der Waals surface area contributed by atoms with Crippen LogP contribution in [0.4, 0.5) is 9.18 Å². The van der Waals surface area contributed by atoms with Crippen LogP contribution in [0.2, 0.25) is 0 Å². The second-order valence-corrected chi connectivity index (χ2v) is 6.00. The van der Waals surface area contributed by atoms with E-state index < -0.39 is 23.2 Å². The molecule has 0 bridgehead atoms. The van der Waals surface area contributed by atoms with Crippen LogP contribution in [0.3, 0.4) is 0 Å². The largest absolute Gasteiger partial charge is 0.465 e. The van der Waals surface area contributed by atoms with E-state index >= 15 is 0 Å². The van der Waals surface area contributed by atoms with Crippen LogP contribution in [0.5, 0.6) is 0 Å². The summed E-state index contributed by atoms with van der Waals surface area (Å²) in [6, 6.07) is 0. The van der Waals surface area contributed by atoms with Crippen molar-refractivity contribution in [2.45, 2.75) is 38.9 Å². The van der Waals surface area contributed by atoms with Gasteiger partial charge in [0, 0.05) is 20.5 Å². The van der Waals surface area contributed by atoms with E-state index in [0.29, 0.717) is 0 Å². The molecule has 5 nitrogen and oxygen atoms in total. The van der Waals surface area contributed by atoms with E-state index in [-0.39, 0.29) is 18.9 Å². The third-order valence-electron chi connectivity index (χ3n) is 3.59. The number of nitrogens with zero attached hydrogens (tertiary/aromatic N) is 2. The molecular formula is C12H21FN2O3. The van der Waals surface area contributed by atoms with Crippen molar-refractivity contribution < 1.29 is 19.1 Å². The van der Waals surface area contributed by atoms with Crippen molar-refractivity contribution in [1.29, 1.82) is 0 Å². The summed E-state index contributed by atoms with van der Waals surface area (Å²) in [6.45, 7) is 5.05. The zero-order valence-electron chi connectivity index (χ0n) is 11.5. The Bertz CT molecular complexity index is 365. The Hall–Kier alpha value is -1.33. The van der Waals surface area contributed by atoms with E-state index in [1.54, 1.807) is 34.9 Å². The topological polar surface area (TPSA) is 60.9 Å². The van der Waals surface area contributed by atoms with Crippen molar-refractivity contribution in [2.24, 2.45) is 5.41 Å². The van der Waals surface area contributed by atoms with E-state index in [1.165, 1.54) is 4.90 Å². The van der Waals surface area contributed by atoms with Crippen molar-refractivity contribution in [3.8, 4) is 0 Å². The van der Waals surface area contributed by atoms with Gasteiger partial charge in [-0.05, 0) is 5.41 Å². The van der Waals surface area contributed by atoms with Crippen LogP contribution in [0, 0.1) is 5.41 Å². The van der Waals surface area contributed by atoms with E-state index in [1.807, 2.05) is 0 Å². The number of carbonyl (C=O) groups excluding carboxylic acids is 1. The SMILES string of the molecule is CN(C)C(=O)[C@@]1(C(C)(C)C)C[C@H](F)CN1C(=O)O. The molecule has 1 aliphatic rings. The number of halogens is 1. The molecule has 1 fully saturated rings. The van der Waals surface area contributed by atoms with E-state index in [0.717, 1.165) is 4.90 Å². The predicted octanol–water partition coefficient (Wildman–Crippen LogP) is 1.58. The number of hydrogen-bond acceptors (Lipinski definition) is 2. The Kier molecular flexibility index (Phi) is 3.60. The maximum atomic E-state index is 13.7. The Balaban J connectivity index is 3.36. The molecule has 0 saturated carbocycles. The molecule has 1 aliphatic heterocycles. The average molecular weight is 260 g/mol. The molecule has 1 saturated heterocycles. The summed E-state index contributed by atoms with van der Waals surface area (Å²) in [5.41, 5.74) is -2.00. The fourth-order valence-electron chi connectivity index (χ4n) is 2.70. The lowest BCUT2D eigenvalue weighted by Crippen LogP contribution is -2.63. The first-order valence-corrected chi connectivity index (χ1v) is 5.90. The molecule has 1 rings (SSSR count). The predicted molar refractivity (Wildman–Crippen MR) is 65.1 cm³/mol. The summed E-state index contributed by atoms with van der Waals surface area (Å²) in [5.74, 6) is -0.363. The van der Waals surface area contributed by atoms with Crippen LogP contribution in [-0.4, -0.2) is 59.3 Å². The molecule has 0 aromatic rings. The molecule has 2 amide bonds. The van der Waals surface area contributed by atoms with E-state index in [4.69, 9.17) is 0 Å². The van der Waals surface area contributed by atoms with Crippen LogP contribution in [0.15, 0.2) is 0 Å². The van der Waals surface area contributed by atoms with Crippen LogP contribution in [0.1, 0.15) is 27.2 Å². The normalized spacial score (nSPS) is 28.3. The maximum Gasteiger partial charge on any atom is 0.408 e. The van der Waals surface area contributed by atoms with Gasteiger partial charge in [-0.15, -0.1) is 0 Å². The molecule has 0 aromatic heterocycles. The number of hydrogen-bond donors (Lipinski definition) is 1. The molecule has 18 heavy (non-hydrogen) atoms. The summed E-state index contributed by atoms with van der Waals surface area (Å²) in [6.07, 6.45) is -2.63. The van der Waals surface area contributed by atoms with E-state index in [2.05, 4.69) is 0 Å². The van der Waals surface area contributed by atoms with Gasteiger partial charge in [-0.25, -0.2) is 9.18 Å². The summed E-state index contributed by atoms with van der Waals surface area (Å²) in [7, 11) is 3.11. The molecule has 0 radical (unpaired) electrons. The number of carboxylic acid groups (broad SMARTS) is 1. The molecular weight excluding hydrogens is 239 g/mol. The van der Waals surface area contributed by atoms with Gasteiger partial charge in [0.25, 0.3) is 0 Å². The summed E-state index contributed by atoms with van der Waals surface area (Å²) >= 11 is 0. The van der Waals surface area contributed by atoms with Gasteiger partial charge in [0.1, 0.15) is 11.7 Å². The Morgan fingerprint density at radius 2 is 1.89 bits per heavy atom. The number of alkyl halides is 1. The van der Waals surface area contributed by atoms with E-state index in [9.17, 15) is 19.1 Å². The monoisotopic (exact) mass is 260 g/mol. The summed E-state index contributed by atoms with van der Waals surface area (Å²) in [4.78, 5) is 26.0. The minimum absolute atomic E-state index is 0.0835. The quantitative estimate of drug-likeness (QED) is 0.778. The Labute approximate surface area is 107 Å². The second-order valence-electron chi connectivity index (χ2n) is 6.00. The fourth-order valence-corrected chi connectivity index (χ4v) is 2.70. The van der Waals surface area contributed by atoms with Gasteiger partial charge in [-0.2, -0.15) is 0 Å². The first-order valence-electron chi connectivity index (χ1n) is 5.90. The van der Waals surface area contributed by atoms with Crippen molar-refractivity contribution in [3.63, 3.8) is 0 Å². The molecule has 0 spiro atoms. The lowest BCUT2D eigenvalue weighted by Gasteiger charge is -2.46. The van der Waals surface area contributed by atoms with Crippen molar-refractivity contribution >= 4 is 12.0 Å². The molecule has 2 atom stereocenters. The van der Waals surface area contributed by atoms with Crippen molar-refractivity contribution in [2.75, 3.05) is 20.6 Å².